The highest BCUT2D eigenvalue weighted by atomic mass is 15.1. The van der Waals surface area contributed by atoms with Gasteiger partial charge in [0.25, 0.3) is 0 Å². The summed E-state index contributed by atoms with van der Waals surface area (Å²) in [5, 5.41) is 9.57. The van der Waals surface area contributed by atoms with Crippen LogP contribution in [-0.2, 0) is 0 Å². The number of pyridine rings is 2. The maximum absolute atomic E-state index is 5.51. The predicted molar refractivity (Wildman–Crippen MR) is 265 cm³/mol. The van der Waals surface area contributed by atoms with E-state index >= 15 is 0 Å². The first-order valence-corrected chi connectivity index (χ1v) is 21.8. The van der Waals surface area contributed by atoms with Crippen molar-refractivity contribution in [3.05, 3.63) is 218 Å². The van der Waals surface area contributed by atoms with Gasteiger partial charge in [0.2, 0.25) is 0 Å². The summed E-state index contributed by atoms with van der Waals surface area (Å²) in [6.45, 7) is 0. The SMILES string of the molecule is c1ccc(-n2c3ccccc3c3ccc4c5ccccc5n(-c5cccc(-c6cccc(-n7c8ccccc8c8ccc9c%10ccccc%10n(-c%10ccccc%10)c9c87)n6)n5)c4c32)cc1. The Morgan fingerprint density at radius 1 is 0.219 bits per heavy atom. The monoisotopic (exact) mass is 816 g/mol. The molecule has 0 atom stereocenters. The van der Waals surface area contributed by atoms with Gasteiger partial charge >= 0.3 is 0 Å². The van der Waals surface area contributed by atoms with Crippen LogP contribution in [-0.4, -0.2) is 28.2 Å². The lowest BCUT2D eigenvalue weighted by Gasteiger charge is -2.14. The fourth-order valence-corrected chi connectivity index (χ4v) is 10.5. The van der Waals surface area contributed by atoms with Crippen molar-refractivity contribution in [1.82, 2.24) is 28.2 Å². The molecule has 0 saturated heterocycles. The van der Waals surface area contributed by atoms with Crippen molar-refractivity contribution in [2.24, 2.45) is 0 Å². The molecule has 0 bridgehead atoms. The molecule has 0 amide bonds. The van der Waals surface area contributed by atoms with Crippen LogP contribution in [0, 0.1) is 0 Å². The Morgan fingerprint density at radius 3 is 0.875 bits per heavy atom. The van der Waals surface area contributed by atoms with Crippen molar-refractivity contribution in [2.45, 2.75) is 0 Å². The van der Waals surface area contributed by atoms with Crippen molar-refractivity contribution >= 4 is 87.2 Å². The van der Waals surface area contributed by atoms with Gasteiger partial charge in [-0.2, -0.15) is 0 Å². The molecule has 6 nitrogen and oxygen atoms in total. The van der Waals surface area contributed by atoms with Gasteiger partial charge < -0.3 is 9.13 Å². The van der Waals surface area contributed by atoms with Crippen molar-refractivity contribution < 1.29 is 0 Å². The summed E-state index contributed by atoms with van der Waals surface area (Å²) in [6.07, 6.45) is 0. The molecule has 0 spiro atoms. The van der Waals surface area contributed by atoms with Crippen LogP contribution in [0.4, 0.5) is 0 Å². The highest BCUT2D eigenvalue weighted by molar-refractivity contribution is 6.25. The molecule has 0 N–H and O–H groups in total. The summed E-state index contributed by atoms with van der Waals surface area (Å²) >= 11 is 0. The van der Waals surface area contributed by atoms with E-state index in [1.54, 1.807) is 0 Å². The van der Waals surface area contributed by atoms with Gasteiger partial charge in [0.15, 0.2) is 0 Å². The van der Waals surface area contributed by atoms with Crippen LogP contribution in [0.3, 0.4) is 0 Å². The molecule has 0 saturated carbocycles. The normalized spacial score (nSPS) is 12.1. The Labute approximate surface area is 366 Å². The topological polar surface area (TPSA) is 45.5 Å². The Hall–Kier alpha value is -8.74. The summed E-state index contributed by atoms with van der Waals surface area (Å²) in [5.41, 5.74) is 12.9. The molecule has 298 valence electrons. The highest BCUT2D eigenvalue weighted by Crippen LogP contribution is 2.43. The van der Waals surface area contributed by atoms with Gasteiger partial charge in [-0.05, 0) is 72.8 Å². The summed E-state index contributed by atoms with van der Waals surface area (Å²) in [6, 6.07) is 78.0. The van der Waals surface area contributed by atoms with Crippen LogP contribution in [0.2, 0.25) is 0 Å². The first kappa shape index (κ1) is 34.9. The van der Waals surface area contributed by atoms with Gasteiger partial charge in [-0.25, -0.2) is 9.97 Å². The smallest absolute Gasteiger partial charge is 0.138 e. The van der Waals surface area contributed by atoms with Crippen LogP contribution < -0.4 is 0 Å². The molecule has 6 heteroatoms. The number of hydrogen-bond acceptors (Lipinski definition) is 2. The lowest BCUT2D eigenvalue weighted by molar-refractivity contribution is 1.05. The molecule has 14 aromatic rings. The van der Waals surface area contributed by atoms with Gasteiger partial charge in [-0.15, -0.1) is 0 Å². The number of nitrogens with zero attached hydrogens (tertiary/aromatic N) is 6. The molecule has 6 heterocycles. The van der Waals surface area contributed by atoms with E-state index in [9.17, 15) is 0 Å². The molecule has 8 aromatic carbocycles. The van der Waals surface area contributed by atoms with E-state index in [2.05, 4.69) is 237 Å². The predicted octanol–water partition coefficient (Wildman–Crippen LogP) is 14.5. The largest absolute Gasteiger partial charge is 0.307 e. The third kappa shape index (κ3) is 4.85. The molecule has 0 radical (unpaired) electrons. The van der Waals surface area contributed by atoms with Gasteiger partial charge in [0.1, 0.15) is 11.6 Å². The average molecular weight is 817 g/mol. The molecule has 0 unspecified atom stereocenters. The van der Waals surface area contributed by atoms with E-state index in [1.807, 2.05) is 0 Å². The van der Waals surface area contributed by atoms with Crippen LogP contribution >= 0.6 is 0 Å². The van der Waals surface area contributed by atoms with Gasteiger partial charge in [0.05, 0.1) is 55.5 Å². The molecule has 0 aliphatic rings. The van der Waals surface area contributed by atoms with Crippen molar-refractivity contribution in [3.8, 4) is 34.4 Å². The molecule has 0 aliphatic carbocycles. The van der Waals surface area contributed by atoms with Crippen LogP contribution in [0.1, 0.15) is 0 Å². The average Bonchev–Trinajstić information content (AvgIpc) is 4.10. The van der Waals surface area contributed by atoms with E-state index in [0.717, 1.165) is 67.5 Å². The lowest BCUT2D eigenvalue weighted by Crippen LogP contribution is -2.03. The fourth-order valence-electron chi connectivity index (χ4n) is 10.5. The number of fused-ring (bicyclic) bond motifs is 14. The number of aromatic nitrogens is 6. The standard InChI is InChI=1S/C58H36N6/c1-3-17-37(18-4-1)61-49-27-11-7-21-39(49)43-33-35-45-41-23-9-13-29-51(41)63(57(45)55(43)61)53-31-15-25-47(59-53)48-26-16-32-54(60-48)64-52-30-14-10-24-42(52)46-36-34-44-40-22-8-12-28-50(40)62(56(44)58(46)64)38-19-5-2-6-20-38/h1-36H. The Bertz CT molecular complexity index is 3910. The van der Waals surface area contributed by atoms with Gasteiger partial charge in [-0.1, -0.05) is 146 Å². The number of rotatable bonds is 5. The van der Waals surface area contributed by atoms with Gasteiger partial charge in [-0.3, -0.25) is 9.13 Å². The number of hydrogen-bond donors (Lipinski definition) is 0. The molecule has 0 fully saturated rings. The first-order chi connectivity index (χ1) is 31.8. The Morgan fingerprint density at radius 2 is 0.516 bits per heavy atom. The zero-order chi connectivity index (χ0) is 41.9. The second kappa shape index (κ2) is 13.4. The maximum Gasteiger partial charge on any atom is 0.138 e. The van der Waals surface area contributed by atoms with Crippen LogP contribution in [0.25, 0.3) is 122 Å². The molecular formula is C58H36N6. The van der Waals surface area contributed by atoms with E-state index in [-0.39, 0.29) is 0 Å². The molecular weight excluding hydrogens is 781 g/mol. The highest BCUT2D eigenvalue weighted by Gasteiger charge is 2.24. The second-order valence-electron chi connectivity index (χ2n) is 16.6. The third-order valence-corrected chi connectivity index (χ3v) is 13.2. The van der Waals surface area contributed by atoms with Crippen molar-refractivity contribution in [3.63, 3.8) is 0 Å². The fraction of sp³-hybridized carbons (Fsp3) is 0. The van der Waals surface area contributed by atoms with Crippen LogP contribution in [0.5, 0.6) is 0 Å². The minimum atomic E-state index is 0.797. The zero-order valence-electron chi connectivity index (χ0n) is 34.5. The number of benzene rings is 8. The third-order valence-electron chi connectivity index (χ3n) is 13.2. The Kier molecular flexibility index (Phi) is 7.30. The molecule has 6 aromatic heterocycles. The quantitative estimate of drug-likeness (QED) is 0.174. The Balaban J connectivity index is 1.02. The molecule has 14 rings (SSSR count). The van der Waals surface area contributed by atoms with Crippen molar-refractivity contribution in [1.29, 1.82) is 0 Å². The summed E-state index contributed by atoms with van der Waals surface area (Å²) in [7, 11) is 0. The summed E-state index contributed by atoms with van der Waals surface area (Å²) in [5.74, 6) is 1.67. The van der Waals surface area contributed by atoms with Crippen LogP contribution in [0.15, 0.2) is 218 Å². The number of para-hydroxylation sites is 6. The van der Waals surface area contributed by atoms with E-state index in [4.69, 9.17) is 9.97 Å². The molecule has 64 heavy (non-hydrogen) atoms. The lowest BCUT2D eigenvalue weighted by atomic mass is 10.1. The van der Waals surface area contributed by atoms with Crippen molar-refractivity contribution in [2.75, 3.05) is 0 Å². The first-order valence-electron chi connectivity index (χ1n) is 21.8. The minimum absolute atomic E-state index is 0.797. The van der Waals surface area contributed by atoms with E-state index in [1.165, 1.54) is 54.1 Å². The van der Waals surface area contributed by atoms with Gasteiger partial charge in [0, 0.05) is 54.5 Å². The van der Waals surface area contributed by atoms with E-state index < -0.39 is 0 Å². The van der Waals surface area contributed by atoms with E-state index in [0.29, 0.717) is 0 Å². The maximum atomic E-state index is 5.51. The summed E-state index contributed by atoms with van der Waals surface area (Å²) < 4.78 is 9.53. The second-order valence-corrected chi connectivity index (χ2v) is 16.6. The zero-order valence-corrected chi connectivity index (χ0v) is 34.5. The minimum Gasteiger partial charge on any atom is -0.307 e. The summed E-state index contributed by atoms with van der Waals surface area (Å²) in [4.78, 5) is 11.0. The molecule has 0 aliphatic heterocycles.